The van der Waals surface area contributed by atoms with Crippen LogP contribution in [0.15, 0.2) is 0 Å². The third-order valence-corrected chi connectivity index (χ3v) is 1.41. The summed E-state index contributed by atoms with van der Waals surface area (Å²) >= 11 is 0. The highest BCUT2D eigenvalue weighted by Crippen LogP contribution is 2.24. The van der Waals surface area contributed by atoms with Crippen LogP contribution < -0.4 is 5.48 Å². The van der Waals surface area contributed by atoms with E-state index < -0.39 is 36.4 Å². The highest BCUT2D eigenvalue weighted by Gasteiger charge is 2.43. The van der Waals surface area contributed by atoms with Crippen LogP contribution in [0.5, 0.6) is 0 Å². The number of carboxylic acid groups (broad SMARTS) is 1. The van der Waals surface area contributed by atoms with Crippen LogP contribution >= 0.6 is 0 Å². The molecule has 0 aromatic carbocycles. The summed E-state index contributed by atoms with van der Waals surface area (Å²) in [4.78, 5) is 25.2. The maximum absolute atomic E-state index is 12.3. The molecule has 0 saturated carbocycles. The molecular weight excluding hydrogens is 259 g/mol. The Morgan fingerprint density at radius 1 is 1.28 bits per heavy atom. The summed E-state index contributed by atoms with van der Waals surface area (Å²) in [6.07, 6.45) is -10.1. The number of aliphatic carboxylic acids is 1. The molecule has 0 heterocycles. The van der Waals surface area contributed by atoms with E-state index in [1.165, 1.54) is 26.3 Å². The second-order valence-corrected chi connectivity index (χ2v) is 4.35. The average molecular weight is 273 g/mol. The van der Waals surface area contributed by atoms with Crippen LogP contribution in [0.1, 0.15) is 27.2 Å². The van der Waals surface area contributed by atoms with Crippen molar-refractivity contribution < 1.29 is 37.4 Å². The first-order valence-electron chi connectivity index (χ1n) is 4.85. The first-order valence-corrected chi connectivity index (χ1v) is 4.85. The molecule has 0 rings (SSSR count). The van der Waals surface area contributed by atoms with E-state index in [9.17, 15) is 22.8 Å². The maximum atomic E-state index is 12.3. The van der Waals surface area contributed by atoms with E-state index in [2.05, 4.69) is 9.57 Å². The smallest absolute Gasteiger partial charge is 0.431 e. The molecule has 2 N–H and O–H groups in total. The lowest BCUT2D eigenvalue weighted by Gasteiger charge is -2.22. The molecule has 0 saturated heterocycles. The lowest BCUT2D eigenvalue weighted by atomic mass is 10.2. The number of ether oxygens (including phenoxy) is 1. The molecule has 0 aliphatic rings. The van der Waals surface area contributed by atoms with Crippen LogP contribution in [-0.4, -0.2) is 35.1 Å². The van der Waals surface area contributed by atoms with Gasteiger partial charge in [0.05, 0.1) is 6.42 Å². The second kappa shape index (κ2) is 5.89. The van der Waals surface area contributed by atoms with Crippen molar-refractivity contribution in [2.75, 3.05) is 0 Å². The van der Waals surface area contributed by atoms with Gasteiger partial charge in [-0.2, -0.15) is 18.7 Å². The van der Waals surface area contributed by atoms with Gasteiger partial charge in [-0.05, 0) is 20.8 Å². The molecular formula is C9H14F3NO5. The number of hydroxylamine groups is 1. The van der Waals surface area contributed by atoms with Crippen molar-refractivity contribution in [2.45, 2.75) is 45.1 Å². The number of hydrogen-bond acceptors (Lipinski definition) is 4. The normalized spacial score (nSPS) is 13.9. The molecule has 0 aliphatic heterocycles. The fraction of sp³-hybridized carbons (Fsp3) is 0.778. The maximum Gasteiger partial charge on any atom is 0.431 e. The van der Waals surface area contributed by atoms with Crippen LogP contribution in [0.3, 0.4) is 0 Å². The van der Waals surface area contributed by atoms with Crippen LogP contribution in [0.2, 0.25) is 0 Å². The summed E-state index contributed by atoms with van der Waals surface area (Å²) in [6, 6.07) is 0. The predicted molar refractivity (Wildman–Crippen MR) is 52.6 cm³/mol. The summed E-state index contributed by atoms with van der Waals surface area (Å²) in [5.41, 5.74) is 0.498. The molecule has 0 bridgehead atoms. The van der Waals surface area contributed by atoms with E-state index in [0.717, 1.165) is 0 Å². The molecule has 0 aliphatic carbocycles. The molecule has 18 heavy (non-hydrogen) atoms. The third kappa shape index (κ3) is 7.71. The standard InChI is InChI=1S/C9H14F3NO5/c1-8(2,3)17-7(16)13-18-5(4-6(14)15)9(10,11)12/h5H,4H2,1-3H3,(H,13,16)(H,14,15). The number of halogens is 3. The molecule has 0 radical (unpaired) electrons. The van der Waals surface area contributed by atoms with Gasteiger partial charge in [0.2, 0.25) is 0 Å². The summed E-state index contributed by atoms with van der Waals surface area (Å²) < 4.78 is 41.5. The van der Waals surface area contributed by atoms with Crippen molar-refractivity contribution in [2.24, 2.45) is 0 Å². The fourth-order valence-corrected chi connectivity index (χ4v) is 0.801. The van der Waals surface area contributed by atoms with Gasteiger partial charge in [-0.1, -0.05) is 0 Å². The first kappa shape index (κ1) is 16.5. The Morgan fingerprint density at radius 3 is 2.11 bits per heavy atom. The topological polar surface area (TPSA) is 84.9 Å². The molecule has 6 nitrogen and oxygen atoms in total. The lowest BCUT2D eigenvalue weighted by Crippen LogP contribution is -2.41. The molecule has 1 amide bonds. The van der Waals surface area contributed by atoms with Gasteiger partial charge in [-0.3, -0.25) is 9.63 Å². The van der Waals surface area contributed by atoms with E-state index in [1.54, 1.807) is 0 Å². The number of nitrogens with one attached hydrogen (secondary N) is 1. The van der Waals surface area contributed by atoms with Gasteiger partial charge >= 0.3 is 18.2 Å². The Hall–Kier alpha value is -1.51. The molecule has 1 atom stereocenters. The monoisotopic (exact) mass is 273 g/mol. The van der Waals surface area contributed by atoms with Crippen molar-refractivity contribution in [1.82, 2.24) is 5.48 Å². The number of carbonyl (C=O) groups excluding carboxylic acids is 1. The third-order valence-electron chi connectivity index (χ3n) is 1.41. The van der Waals surface area contributed by atoms with Crippen LogP contribution in [0, 0.1) is 0 Å². The zero-order valence-corrected chi connectivity index (χ0v) is 10.00. The number of carboxylic acids is 1. The van der Waals surface area contributed by atoms with Crippen molar-refractivity contribution in [3.63, 3.8) is 0 Å². The number of carbonyl (C=O) groups is 2. The number of rotatable bonds is 4. The SMILES string of the molecule is CC(C)(C)OC(=O)NOC(CC(=O)O)C(F)(F)F. The van der Waals surface area contributed by atoms with E-state index in [4.69, 9.17) is 5.11 Å². The molecule has 0 fully saturated rings. The Morgan fingerprint density at radius 2 is 1.78 bits per heavy atom. The van der Waals surface area contributed by atoms with Crippen molar-refractivity contribution in [3.05, 3.63) is 0 Å². The van der Waals surface area contributed by atoms with Gasteiger partial charge < -0.3 is 9.84 Å². The average Bonchev–Trinajstić information content (AvgIpc) is 2.06. The minimum Gasteiger partial charge on any atom is -0.481 e. The molecule has 9 heteroatoms. The van der Waals surface area contributed by atoms with E-state index >= 15 is 0 Å². The van der Waals surface area contributed by atoms with Crippen molar-refractivity contribution in [3.8, 4) is 0 Å². The highest BCUT2D eigenvalue weighted by molar-refractivity contribution is 5.68. The summed E-state index contributed by atoms with van der Waals surface area (Å²) in [7, 11) is 0. The summed E-state index contributed by atoms with van der Waals surface area (Å²) in [5, 5.41) is 8.27. The Bertz CT molecular complexity index is 310. The summed E-state index contributed by atoms with van der Waals surface area (Å²) in [5.74, 6) is -1.71. The quantitative estimate of drug-likeness (QED) is 0.763. The number of amides is 1. The first-order chi connectivity index (χ1) is 7.92. The zero-order chi connectivity index (χ0) is 14.6. The van der Waals surface area contributed by atoms with Crippen LogP contribution in [-0.2, 0) is 14.4 Å². The minimum atomic E-state index is -4.91. The second-order valence-electron chi connectivity index (χ2n) is 4.35. The van der Waals surface area contributed by atoms with Gasteiger partial charge in [0.1, 0.15) is 5.60 Å². The van der Waals surface area contributed by atoms with Gasteiger partial charge in [0, 0.05) is 0 Å². The Kier molecular flexibility index (Phi) is 5.40. The van der Waals surface area contributed by atoms with Crippen LogP contribution in [0.4, 0.5) is 18.0 Å². The number of alkyl halides is 3. The lowest BCUT2D eigenvalue weighted by molar-refractivity contribution is -0.237. The molecule has 0 aromatic heterocycles. The van der Waals surface area contributed by atoms with Gasteiger partial charge in [-0.15, -0.1) is 0 Å². The molecule has 1 unspecified atom stereocenters. The number of hydrogen-bond donors (Lipinski definition) is 2. The molecule has 0 spiro atoms. The minimum absolute atomic E-state index is 0.909. The Labute approximate surface area is 101 Å². The highest BCUT2D eigenvalue weighted by atomic mass is 19.4. The largest absolute Gasteiger partial charge is 0.481 e. The predicted octanol–water partition coefficient (Wildman–Crippen LogP) is 1.85. The van der Waals surface area contributed by atoms with Gasteiger partial charge in [-0.25, -0.2) is 4.79 Å². The summed E-state index contributed by atoms with van der Waals surface area (Å²) in [6.45, 7) is 4.52. The van der Waals surface area contributed by atoms with Crippen molar-refractivity contribution in [1.29, 1.82) is 0 Å². The molecule has 0 aromatic rings. The fourth-order valence-electron chi connectivity index (χ4n) is 0.801. The van der Waals surface area contributed by atoms with Gasteiger partial charge in [0.25, 0.3) is 0 Å². The van der Waals surface area contributed by atoms with Crippen LogP contribution in [0.25, 0.3) is 0 Å². The van der Waals surface area contributed by atoms with E-state index in [1.807, 2.05) is 0 Å². The van der Waals surface area contributed by atoms with Gasteiger partial charge in [0.15, 0.2) is 6.10 Å². The van der Waals surface area contributed by atoms with E-state index in [-0.39, 0.29) is 0 Å². The zero-order valence-electron chi connectivity index (χ0n) is 10.00. The van der Waals surface area contributed by atoms with E-state index in [0.29, 0.717) is 0 Å². The Balaban J connectivity index is 4.36. The molecule has 106 valence electrons. The van der Waals surface area contributed by atoms with Crippen molar-refractivity contribution >= 4 is 12.1 Å².